The molecule has 0 radical (unpaired) electrons. The number of nitrogens with one attached hydrogen (secondary N) is 2. The van der Waals surface area contributed by atoms with Crippen LogP contribution in [0.15, 0.2) is 54.6 Å². The number of amides is 1. The Balaban J connectivity index is 1.39. The molecule has 1 aliphatic heterocycles. The van der Waals surface area contributed by atoms with Crippen molar-refractivity contribution in [1.82, 2.24) is 5.32 Å². The van der Waals surface area contributed by atoms with Gasteiger partial charge in [-0.15, -0.1) is 0 Å². The Bertz CT molecular complexity index is 861. The smallest absolute Gasteiger partial charge is 0.227 e. The zero-order valence-corrected chi connectivity index (χ0v) is 17.6. The fourth-order valence-corrected chi connectivity index (χ4v) is 4.93. The Labute approximate surface area is 178 Å². The summed E-state index contributed by atoms with van der Waals surface area (Å²) in [5.74, 6) is 0.202. The first kappa shape index (κ1) is 19.9. The van der Waals surface area contributed by atoms with Gasteiger partial charge in [0.25, 0.3) is 0 Å². The average Bonchev–Trinajstić information content (AvgIpc) is 3.37. The average molecular weight is 408 g/mol. The van der Waals surface area contributed by atoms with Crippen molar-refractivity contribution >= 4 is 34.6 Å². The number of nitrogens with zero attached hydrogens (tertiary/aromatic N) is 1. The van der Waals surface area contributed by atoms with E-state index in [9.17, 15) is 4.79 Å². The van der Waals surface area contributed by atoms with Gasteiger partial charge in [0.2, 0.25) is 5.91 Å². The molecule has 152 valence electrons. The zero-order chi connectivity index (χ0) is 20.1. The number of hydrogen-bond acceptors (Lipinski definition) is 2. The van der Waals surface area contributed by atoms with Crippen molar-refractivity contribution in [3.05, 3.63) is 60.2 Å². The van der Waals surface area contributed by atoms with Gasteiger partial charge in [-0.1, -0.05) is 49.2 Å². The first-order chi connectivity index (χ1) is 14.1. The standard InChI is InChI=1S/C24H29N3OS/c28-22-12-7-17-27(22)21-11-6-10-20(18-21)25-23(29)26-24(14-4-5-15-24)16-13-19-8-2-1-3-9-19/h1-3,6,8-11,18H,4-5,7,12-17H2,(H2,25,26,29). The van der Waals surface area contributed by atoms with Crippen molar-refractivity contribution in [1.29, 1.82) is 0 Å². The molecule has 1 aliphatic carbocycles. The van der Waals surface area contributed by atoms with Gasteiger partial charge < -0.3 is 15.5 Å². The van der Waals surface area contributed by atoms with Crippen LogP contribution >= 0.6 is 12.2 Å². The summed E-state index contributed by atoms with van der Waals surface area (Å²) in [6.07, 6.45) is 8.52. The maximum absolute atomic E-state index is 12.0. The number of rotatable bonds is 6. The highest BCUT2D eigenvalue weighted by molar-refractivity contribution is 7.80. The van der Waals surface area contributed by atoms with Crippen LogP contribution in [0.4, 0.5) is 11.4 Å². The third kappa shape index (κ3) is 4.96. The van der Waals surface area contributed by atoms with Gasteiger partial charge in [0, 0.05) is 29.9 Å². The minimum absolute atomic E-state index is 0.0719. The highest BCUT2D eigenvalue weighted by Gasteiger charge is 2.34. The predicted octanol–water partition coefficient (Wildman–Crippen LogP) is 5.05. The quantitative estimate of drug-likeness (QED) is 0.658. The molecule has 0 bridgehead atoms. The van der Waals surface area contributed by atoms with Gasteiger partial charge in [-0.25, -0.2) is 0 Å². The molecule has 1 saturated carbocycles. The maximum atomic E-state index is 12.0. The fraction of sp³-hybridized carbons (Fsp3) is 0.417. The highest BCUT2D eigenvalue weighted by atomic mass is 32.1. The molecule has 0 atom stereocenters. The van der Waals surface area contributed by atoms with E-state index in [-0.39, 0.29) is 11.4 Å². The van der Waals surface area contributed by atoms with Crippen LogP contribution in [0.1, 0.15) is 50.5 Å². The number of carbonyl (C=O) groups is 1. The molecule has 29 heavy (non-hydrogen) atoms. The second-order valence-electron chi connectivity index (χ2n) is 8.25. The normalized spacial score (nSPS) is 18.1. The Morgan fingerprint density at radius 3 is 2.55 bits per heavy atom. The monoisotopic (exact) mass is 407 g/mol. The molecule has 2 aromatic rings. The molecule has 1 heterocycles. The van der Waals surface area contributed by atoms with Crippen LogP contribution in [-0.2, 0) is 11.2 Å². The van der Waals surface area contributed by atoms with E-state index in [4.69, 9.17) is 12.2 Å². The van der Waals surface area contributed by atoms with Crippen molar-refractivity contribution < 1.29 is 4.79 Å². The molecular weight excluding hydrogens is 378 g/mol. The molecule has 4 rings (SSSR count). The Morgan fingerprint density at radius 1 is 1.03 bits per heavy atom. The Hall–Kier alpha value is -2.40. The topological polar surface area (TPSA) is 44.4 Å². The number of aryl methyl sites for hydroxylation is 1. The molecule has 0 unspecified atom stereocenters. The van der Waals surface area contributed by atoms with E-state index < -0.39 is 0 Å². The van der Waals surface area contributed by atoms with Crippen molar-refractivity contribution in [2.75, 3.05) is 16.8 Å². The third-order valence-electron chi connectivity index (χ3n) is 6.16. The number of carbonyl (C=O) groups excluding carboxylic acids is 1. The van der Waals surface area contributed by atoms with E-state index in [1.807, 2.05) is 29.2 Å². The zero-order valence-electron chi connectivity index (χ0n) is 16.8. The number of benzene rings is 2. The lowest BCUT2D eigenvalue weighted by atomic mass is 9.89. The van der Waals surface area contributed by atoms with Gasteiger partial charge in [-0.2, -0.15) is 0 Å². The van der Waals surface area contributed by atoms with Gasteiger partial charge in [0.05, 0.1) is 0 Å². The summed E-state index contributed by atoms with van der Waals surface area (Å²) in [7, 11) is 0. The molecule has 2 N–H and O–H groups in total. The summed E-state index contributed by atoms with van der Waals surface area (Å²) < 4.78 is 0. The lowest BCUT2D eigenvalue weighted by Gasteiger charge is -2.32. The molecule has 2 aliphatic rings. The largest absolute Gasteiger partial charge is 0.357 e. The summed E-state index contributed by atoms with van der Waals surface area (Å²) in [5.41, 5.74) is 3.32. The van der Waals surface area contributed by atoms with E-state index in [0.29, 0.717) is 11.5 Å². The third-order valence-corrected chi connectivity index (χ3v) is 6.37. The second-order valence-corrected chi connectivity index (χ2v) is 8.66. The molecule has 0 aromatic heterocycles. The fourth-order valence-electron chi connectivity index (χ4n) is 4.59. The van der Waals surface area contributed by atoms with E-state index in [2.05, 4.69) is 41.0 Å². The summed E-state index contributed by atoms with van der Waals surface area (Å²) >= 11 is 5.67. The lowest BCUT2D eigenvalue weighted by molar-refractivity contribution is -0.117. The summed E-state index contributed by atoms with van der Waals surface area (Å²) in [6.45, 7) is 0.799. The van der Waals surface area contributed by atoms with Gasteiger partial charge in [-0.05, 0) is 68.1 Å². The van der Waals surface area contributed by atoms with E-state index >= 15 is 0 Å². The predicted molar refractivity (Wildman–Crippen MR) is 123 cm³/mol. The van der Waals surface area contributed by atoms with Crippen LogP contribution in [0.25, 0.3) is 0 Å². The second kappa shape index (κ2) is 8.95. The lowest BCUT2D eigenvalue weighted by Crippen LogP contribution is -2.48. The van der Waals surface area contributed by atoms with Crippen LogP contribution in [0.3, 0.4) is 0 Å². The van der Waals surface area contributed by atoms with Crippen molar-refractivity contribution in [3.8, 4) is 0 Å². The Kier molecular flexibility index (Phi) is 6.14. The maximum Gasteiger partial charge on any atom is 0.227 e. The molecule has 2 aromatic carbocycles. The molecule has 1 amide bonds. The first-order valence-electron chi connectivity index (χ1n) is 10.7. The number of anilines is 2. The van der Waals surface area contributed by atoms with Crippen LogP contribution in [0.5, 0.6) is 0 Å². The number of hydrogen-bond donors (Lipinski definition) is 2. The number of thiocarbonyl (C=S) groups is 1. The minimum Gasteiger partial charge on any atom is -0.357 e. The van der Waals surface area contributed by atoms with Crippen LogP contribution in [0, 0.1) is 0 Å². The highest BCUT2D eigenvalue weighted by Crippen LogP contribution is 2.34. The first-order valence-corrected chi connectivity index (χ1v) is 11.1. The summed E-state index contributed by atoms with van der Waals surface area (Å²) in [5, 5.41) is 7.67. The molecule has 1 saturated heterocycles. The molecule has 2 fully saturated rings. The molecule has 0 spiro atoms. The van der Waals surface area contributed by atoms with Crippen LogP contribution in [-0.4, -0.2) is 23.1 Å². The van der Waals surface area contributed by atoms with Gasteiger partial charge >= 0.3 is 0 Å². The van der Waals surface area contributed by atoms with E-state index in [1.54, 1.807) is 0 Å². The van der Waals surface area contributed by atoms with Gasteiger partial charge in [-0.3, -0.25) is 4.79 Å². The van der Waals surface area contributed by atoms with E-state index in [1.165, 1.54) is 18.4 Å². The van der Waals surface area contributed by atoms with Crippen molar-refractivity contribution in [3.63, 3.8) is 0 Å². The summed E-state index contributed by atoms with van der Waals surface area (Å²) in [4.78, 5) is 13.9. The van der Waals surface area contributed by atoms with Gasteiger partial charge in [0.1, 0.15) is 0 Å². The Morgan fingerprint density at radius 2 is 1.83 bits per heavy atom. The van der Waals surface area contributed by atoms with Crippen molar-refractivity contribution in [2.24, 2.45) is 0 Å². The van der Waals surface area contributed by atoms with Crippen LogP contribution < -0.4 is 15.5 Å². The van der Waals surface area contributed by atoms with Crippen molar-refractivity contribution in [2.45, 2.75) is 56.9 Å². The minimum atomic E-state index is 0.0719. The van der Waals surface area contributed by atoms with E-state index in [0.717, 1.165) is 50.0 Å². The summed E-state index contributed by atoms with van der Waals surface area (Å²) in [6, 6.07) is 18.7. The SMILES string of the molecule is O=C1CCCN1c1cccc(NC(=S)NC2(CCc3ccccc3)CCCC2)c1. The molecular formula is C24H29N3OS. The molecule has 4 nitrogen and oxygen atoms in total. The van der Waals surface area contributed by atoms with Gasteiger partial charge in [0.15, 0.2) is 5.11 Å². The molecule has 5 heteroatoms. The van der Waals surface area contributed by atoms with Crippen LogP contribution in [0.2, 0.25) is 0 Å².